The predicted molar refractivity (Wildman–Crippen MR) is 81.4 cm³/mol. The third-order valence-electron chi connectivity index (χ3n) is 2.40. The van der Waals surface area contributed by atoms with Crippen LogP contribution in [-0.4, -0.2) is 55.8 Å². The van der Waals surface area contributed by atoms with Crippen molar-refractivity contribution >= 4 is 36.6 Å². The Morgan fingerprint density at radius 1 is 1.29 bits per heavy atom. The molecule has 116 valence electrons. The molecule has 0 aromatic carbocycles. The molecule has 0 radical (unpaired) electrons. The van der Waals surface area contributed by atoms with Gasteiger partial charge in [0.15, 0.2) is 0 Å². The Morgan fingerprint density at radius 2 is 1.86 bits per heavy atom. The van der Waals surface area contributed by atoms with Gasteiger partial charge in [-0.3, -0.25) is 14.1 Å². The maximum atomic E-state index is 12.7. The van der Waals surface area contributed by atoms with E-state index in [1.807, 2.05) is 0 Å². The van der Waals surface area contributed by atoms with Crippen LogP contribution < -0.4 is 0 Å². The molecule has 0 aliphatic carbocycles. The fraction of sp³-hybridized carbons (Fsp3) is 0.545. The van der Waals surface area contributed by atoms with Gasteiger partial charge in [0.25, 0.3) is 10.1 Å². The van der Waals surface area contributed by atoms with Gasteiger partial charge in [0.1, 0.15) is 5.66 Å². The molecular weight excluding hydrogens is 312 g/mol. The van der Waals surface area contributed by atoms with Crippen LogP contribution in [0.25, 0.3) is 0 Å². The zero-order chi connectivity index (χ0) is 15.2. The van der Waals surface area contributed by atoms with Crippen LogP contribution in [0.1, 0.15) is 25.2 Å². The molecule has 1 atom stereocenters. The Balaban J connectivity index is 0.00000400. The number of pyridine rings is 1. The van der Waals surface area contributed by atoms with E-state index in [1.54, 1.807) is 26.0 Å². The monoisotopic (exact) mass is 331 g/mol. The number of hydrogen-bond donors (Lipinski definition) is 1. The Hall–Kier alpha value is -0.193. The second-order valence-corrected chi connectivity index (χ2v) is 7.61. The van der Waals surface area contributed by atoms with Crippen molar-refractivity contribution in [3.8, 4) is 0 Å². The first kappa shape index (κ1) is 20.8. The van der Waals surface area contributed by atoms with E-state index in [9.17, 15) is 13.0 Å². The second-order valence-electron chi connectivity index (χ2n) is 3.89. The van der Waals surface area contributed by atoms with E-state index in [0.29, 0.717) is 0 Å². The zero-order valence-electron chi connectivity index (χ0n) is 11.3. The second kappa shape index (κ2) is 9.06. The average molecular weight is 331 g/mol. The van der Waals surface area contributed by atoms with Crippen molar-refractivity contribution in [3.05, 3.63) is 30.1 Å². The van der Waals surface area contributed by atoms with Crippen LogP contribution in [0.3, 0.4) is 0 Å². The predicted octanol–water partition coefficient (Wildman–Crippen LogP) is 1.63. The van der Waals surface area contributed by atoms with Crippen molar-refractivity contribution in [1.82, 2.24) is 4.98 Å². The Kier molecular flexibility index (Phi) is 8.98. The van der Waals surface area contributed by atoms with Gasteiger partial charge in [-0.1, -0.05) is 6.07 Å². The van der Waals surface area contributed by atoms with Crippen LogP contribution >= 0.6 is 7.60 Å². The van der Waals surface area contributed by atoms with E-state index in [0.717, 1.165) is 0 Å². The minimum absolute atomic E-state index is 0. The van der Waals surface area contributed by atoms with Crippen molar-refractivity contribution in [2.45, 2.75) is 19.5 Å². The Labute approximate surface area is 136 Å². The van der Waals surface area contributed by atoms with Crippen LogP contribution in [0.15, 0.2) is 24.4 Å². The first-order valence-electron chi connectivity index (χ1n) is 6.07. The normalized spacial score (nSPS) is 13.5. The third kappa shape index (κ3) is 6.62. The number of hydrogen-bond acceptors (Lipinski definition) is 6. The maximum absolute atomic E-state index is 12.7. The van der Waals surface area contributed by atoms with Gasteiger partial charge in [0.05, 0.1) is 24.7 Å². The molecule has 0 spiro atoms. The number of aromatic nitrogens is 1. The van der Waals surface area contributed by atoms with Crippen LogP contribution in [0.2, 0.25) is 0 Å². The SMILES string of the molecule is CCOP(=O)(OCC)C(CS(=O)(=O)O)c1ccccn1.[LiH]. The van der Waals surface area contributed by atoms with Gasteiger partial charge in [0.2, 0.25) is 0 Å². The summed E-state index contributed by atoms with van der Waals surface area (Å²) >= 11 is 0. The van der Waals surface area contributed by atoms with Gasteiger partial charge in [-0.05, 0) is 26.0 Å². The summed E-state index contributed by atoms with van der Waals surface area (Å²) in [6.07, 6.45) is 1.44. The third-order valence-corrected chi connectivity index (χ3v) is 5.85. The van der Waals surface area contributed by atoms with Crippen molar-refractivity contribution in [2.75, 3.05) is 19.0 Å². The van der Waals surface area contributed by atoms with E-state index in [2.05, 4.69) is 4.98 Å². The molecule has 21 heavy (non-hydrogen) atoms. The summed E-state index contributed by atoms with van der Waals surface area (Å²) in [4.78, 5) is 3.99. The summed E-state index contributed by atoms with van der Waals surface area (Å²) in [6.45, 7) is 3.42. The molecular formula is C11H19LiNO6PS. The van der Waals surface area contributed by atoms with Gasteiger partial charge in [-0.25, -0.2) is 0 Å². The van der Waals surface area contributed by atoms with Crippen molar-refractivity contribution < 1.29 is 26.6 Å². The molecule has 0 saturated carbocycles. The van der Waals surface area contributed by atoms with Crippen molar-refractivity contribution in [2.24, 2.45) is 0 Å². The molecule has 0 bridgehead atoms. The topological polar surface area (TPSA) is 103 Å². The van der Waals surface area contributed by atoms with Gasteiger partial charge in [-0.15, -0.1) is 0 Å². The number of nitrogens with zero attached hydrogens (tertiary/aromatic N) is 1. The molecule has 1 aromatic rings. The zero-order valence-corrected chi connectivity index (χ0v) is 13.0. The molecule has 1 unspecified atom stereocenters. The molecule has 0 fully saturated rings. The summed E-state index contributed by atoms with van der Waals surface area (Å²) in [5.41, 5.74) is -0.936. The summed E-state index contributed by atoms with van der Waals surface area (Å²) in [5, 5.41) is 0. The van der Waals surface area contributed by atoms with Crippen molar-refractivity contribution in [3.63, 3.8) is 0 Å². The molecule has 0 aliphatic rings. The van der Waals surface area contributed by atoms with Crippen LogP contribution in [0.4, 0.5) is 0 Å². The van der Waals surface area contributed by atoms with Gasteiger partial charge in [-0.2, -0.15) is 8.42 Å². The van der Waals surface area contributed by atoms with E-state index >= 15 is 0 Å². The fourth-order valence-corrected chi connectivity index (χ4v) is 5.18. The van der Waals surface area contributed by atoms with Crippen LogP contribution in [-0.2, 0) is 23.7 Å². The summed E-state index contributed by atoms with van der Waals surface area (Å²) in [6, 6.07) is 4.78. The molecule has 7 nitrogen and oxygen atoms in total. The average Bonchev–Trinajstić information content (AvgIpc) is 2.36. The van der Waals surface area contributed by atoms with Gasteiger partial charge < -0.3 is 9.05 Å². The van der Waals surface area contributed by atoms with Gasteiger partial charge >= 0.3 is 26.5 Å². The Morgan fingerprint density at radius 3 is 2.24 bits per heavy atom. The van der Waals surface area contributed by atoms with Crippen molar-refractivity contribution in [1.29, 1.82) is 0 Å². The van der Waals surface area contributed by atoms with E-state index < -0.39 is 29.1 Å². The standard InChI is InChI=1S/C11H18NO6PS.Li.H/c1-3-17-19(13,18-4-2)11(9-20(14,15)16)10-7-5-6-8-12-10;;/h5-8,11H,3-4,9H2,1-2H3,(H,14,15,16);;. The van der Waals surface area contributed by atoms with E-state index in [1.165, 1.54) is 12.3 Å². The first-order valence-corrected chi connectivity index (χ1v) is 9.29. The van der Waals surface area contributed by atoms with Crippen LogP contribution in [0.5, 0.6) is 0 Å². The molecule has 1 rings (SSSR count). The molecule has 1 aromatic heterocycles. The van der Waals surface area contributed by atoms with Gasteiger partial charge in [0, 0.05) is 6.20 Å². The molecule has 1 heterocycles. The number of rotatable bonds is 8. The molecule has 0 aliphatic heterocycles. The summed E-state index contributed by atoms with van der Waals surface area (Å²) in [7, 11) is -8.11. The first-order chi connectivity index (χ1) is 9.32. The summed E-state index contributed by atoms with van der Waals surface area (Å²) in [5.74, 6) is -0.776. The van der Waals surface area contributed by atoms with Crippen LogP contribution in [0, 0.1) is 0 Å². The Bertz CT molecular complexity index is 557. The molecule has 1 N–H and O–H groups in total. The molecule has 10 heteroatoms. The summed E-state index contributed by atoms with van der Waals surface area (Å²) < 4.78 is 54.4. The molecule has 0 saturated heterocycles. The fourth-order valence-electron chi connectivity index (χ4n) is 1.69. The minimum atomic E-state index is -4.36. The van der Waals surface area contributed by atoms with E-state index in [4.69, 9.17) is 13.6 Å². The molecule has 0 amide bonds. The quantitative estimate of drug-likeness (QED) is 0.439. The van der Waals surface area contributed by atoms with E-state index in [-0.39, 0.29) is 37.8 Å².